The molecule has 0 fully saturated rings. The first-order chi connectivity index (χ1) is 13.0. The van der Waals surface area contributed by atoms with Gasteiger partial charge in [-0.05, 0) is 40.3 Å². The largest absolute Gasteiger partial charge is 0.493 e. The van der Waals surface area contributed by atoms with Crippen molar-refractivity contribution in [1.82, 2.24) is 20.2 Å². The Kier molecular flexibility index (Phi) is 6.41. The second-order valence-electron chi connectivity index (χ2n) is 5.56. The fourth-order valence-electron chi connectivity index (χ4n) is 2.36. The first-order valence-electron chi connectivity index (χ1n) is 7.88. The smallest absolute Gasteiger partial charge is 0.242 e. The standard InChI is InChI=1S/C17H16BrCl2N5O2/c1-25-17(22-23-24-25)21-8-10-6-15(26-2)16(7-12(10)18)27-9-11-13(19)4-3-5-14(11)20/h3-7H,8-9H2,1-2H3,(H,21,22,24). The number of anilines is 1. The van der Waals surface area contributed by atoms with Crippen molar-refractivity contribution in [2.45, 2.75) is 13.2 Å². The van der Waals surface area contributed by atoms with E-state index in [0.29, 0.717) is 34.0 Å². The maximum Gasteiger partial charge on any atom is 0.242 e. The molecule has 0 bridgehead atoms. The van der Waals surface area contributed by atoms with Gasteiger partial charge in [-0.3, -0.25) is 0 Å². The third-order valence-electron chi connectivity index (χ3n) is 3.82. The lowest BCUT2D eigenvalue weighted by Crippen LogP contribution is -2.07. The topological polar surface area (TPSA) is 74.1 Å². The highest BCUT2D eigenvalue weighted by molar-refractivity contribution is 9.10. The van der Waals surface area contributed by atoms with E-state index in [1.54, 1.807) is 37.0 Å². The minimum atomic E-state index is 0.226. The van der Waals surface area contributed by atoms with Gasteiger partial charge in [-0.2, -0.15) is 0 Å². The molecule has 0 amide bonds. The van der Waals surface area contributed by atoms with Crippen molar-refractivity contribution in [2.75, 3.05) is 12.4 Å². The third kappa shape index (κ3) is 4.63. The van der Waals surface area contributed by atoms with Crippen molar-refractivity contribution in [3.63, 3.8) is 0 Å². The molecule has 0 aliphatic heterocycles. The van der Waals surface area contributed by atoms with Gasteiger partial charge in [0.1, 0.15) is 6.61 Å². The summed E-state index contributed by atoms with van der Waals surface area (Å²) in [6.07, 6.45) is 0. The molecule has 1 aromatic heterocycles. The Labute approximate surface area is 174 Å². The van der Waals surface area contributed by atoms with Gasteiger partial charge < -0.3 is 14.8 Å². The van der Waals surface area contributed by atoms with E-state index in [1.807, 2.05) is 12.1 Å². The van der Waals surface area contributed by atoms with E-state index < -0.39 is 0 Å². The Hall–Kier alpha value is -2.03. The number of methoxy groups -OCH3 is 1. The summed E-state index contributed by atoms with van der Waals surface area (Å²) in [6, 6.07) is 9.06. The molecule has 3 rings (SSSR count). The number of hydrogen-bond acceptors (Lipinski definition) is 6. The molecule has 3 aromatic rings. The van der Waals surface area contributed by atoms with Crippen LogP contribution in [0.3, 0.4) is 0 Å². The van der Waals surface area contributed by atoms with Gasteiger partial charge in [-0.1, -0.05) is 50.3 Å². The van der Waals surface area contributed by atoms with Gasteiger partial charge >= 0.3 is 0 Å². The van der Waals surface area contributed by atoms with Crippen LogP contribution in [0.2, 0.25) is 10.0 Å². The van der Waals surface area contributed by atoms with E-state index in [2.05, 4.69) is 36.8 Å². The second kappa shape index (κ2) is 8.77. The lowest BCUT2D eigenvalue weighted by atomic mass is 10.2. The van der Waals surface area contributed by atoms with E-state index in [0.717, 1.165) is 15.6 Å². The number of nitrogens with one attached hydrogen (secondary N) is 1. The molecule has 0 spiro atoms. The fraction of sp³-hybridized carbons (Fsp3) is 0.235. The Bertz CT molecular complexity index is 931. The Morgan fingerprint density at radius 1 is 1.19 bits per heavy atom. The van der Waals surface area contributed by atoms with Gasteiger partial charge in [0, 0.05) is 33.7 Å². The zero-order valence-electron chi connectivity index (χ0n) is 14.5. The van der Waals surface area contributed by atoms with Crippen LogP contribution in [0.1, 0.15) is 11.1 Å². The number of hydrogen-bond donors (Lipinski definition) is 1. The van der Waals surface area contributed by atoms with Gasteiger partial charge in [0.2, 0.25) is 5.95 Å². The zero-order valence-corrected chi connectivity index (χ0v) is 17.6. The van der Waals surface area contributed by atoms with Gasteiger partial charge in [-0.15, -0.1) is 0 Å². The summed E-state index contributed by atoms with van der Waals surface area (Å²) in [5.74, 6) is 1.73. The molecule has 0 atom stereocenters. The van der Waals surface area contributed by atoms with Crippen LogP contribution in [0.15, 0.2) is 34.8 Å². The molecule has 2 aromatic carbocycles. The summed E-state index contributed by atoms with van der Waals surface area (Å²) in [6.45, 7) is 0.727. The summed E-state index contributed by atoms with van der Waals surface area (Å²) < 4.78 is 13.8. The molecule has 0 saturated carbocycles. The van der Waals surface area contributed by atoms with Crippen molar-refractivity contribution in [3.8, 4) is 11.5 Å². The van der Waals surface area contributed by atoms with Gasteiger partial charge in [0.15, 0.2) is 11.5 Å². The summed E-state index contributed by atoms with van der Waals surface area (Å²) in [5.41, 5.74) is 1.68. The number of halogens is 3. The van der Waals surface area contributed by atoms with Crippen molar-refractivity contribution < 1.29 is 9.47 Å². The Morgan fingerprint density at radius 3 is 2.56 bits per heavy atom. The number of ether oxygens (including phenoxy) is 2. The van der Waals surface area contributed by atoms with Crippen LogP contribution >= 0.6 is 39.1 Å². The van der Waals surface area contributed by atoms with E-state index in [-0.39, 0.29) is 6.61 Å². The minimum Gasteiger partial charge on any atom is -0.493 e. The summed E-state index contributed by atoms with van der Waals surface area (Å²) in [7, 11) is 3.34. The predicted molar refractivity (Wildman–Crippen MR) is 108 cm³/mol. The zero-order chi connectivity index (χ0) is 19.4. The van der Waals surface area contributed by atoms with Crippen LogP contribution in [0.5, 0.6) is 11.5 Å². The van der Waals surface area contributed by atoms with Gasteiger partial charge in [0.25, 0.3) is 0 Å². The van der Waals surface area contributed by atoms with Crippen LogP contribution in [0.4, 0.5) is 5.95 Å². The summed E-state index contributed by atoms with van der Waals surface area (Å²) >= 11 is 16.0. The first-order valence-corrected chi connectivity index (χ1v) is 9.42. The molecule has 0 saturated heterocycles. The fourth-order valence-corrected chi connectivity index (χ4v) is 3.33. The summed E-state index contributed by atoms with van der Waals surface area (Å²) in [5, 5.41) is 15.5. The predicted octanol–water partition coefficient (Wildman–Crippen LogP) is 4.48. The lowest BCUT2D eigenvalue weighted by Gasteiger charge is -2.15. The first kappa shape index (κ1) is 19.7. The molecular weight excluding hydrogens is 457 g/mol. The van der Waals surface area contributed by atoms with Gasteiger partial charge in [-0.25, -0.2) is 4.68 Å². The van der Waals surface area contributed by atoms with E-state index >= 15 is 0 Å². The molecule has 0 unspecified atom stereocenters. The monoisotopic (exact) mass is 471 g/mol. The normalized spacial score (nSPS) is 10.7. The van der Waals surface area contributed by atoms with Crippen molar-refractivity contribution in [2.24, 2.45) is 7.05 Å². The van der Waals surface area contributed by atoms with E-state index in [9.17, 15) is 0 Å². The number of aromatic nitrogens is 4. The van der Waals surface area contributed by atoms with E-state index in [1.165, 1.54) is 0 Å². The molecular formula is C17H16BrCl2N5O2. The molecule has 0 aliphatic carbocycles. The highest BCUT2D eigenvalue weighted by Crippen LogP contribution is 2.35. The number of rotatable bonds is 7. The lowest BCUT2D eigenvalue weighted by molar-refractivity contribution is 0.284. The van der Waals surface area contributed by atoms with Crippen molar-refractivity contribution in [1.29, 1.82) is 0 Å². The number of aryl methyl sites for hydroxylation is 1. The molecule has 7 nitrogen and oxygen atoms in total. The van der Waals surface area contributed by atoms with E-state index in [4.69, 9.17) is 32.7 Å². The molecule has 1 N–H and O–H groups in total. The average Bonchev–Trinajstić information content (AvgIpc) is 3.05. The maximum atomic E-state index is 6.20. The molecule has 142 valence electrons. The van der Waals surface area contributed by atoms with Crippen molar-refractivity contribution in [3.05, 3.63) is 56.0 Å². The van der Waals surface area contributed by atoms with Crippen LogP contribution < -0.4 is 14.8 Å². The quantitative estimate of drug-likeness (QED) is 0.546. The van der Waals surface area contributed by atoms with Crippen LogP contribution in [0, 0.1) is 0 Å². The van der Waals surface area contributed by atoms with Crippen LogP contribution in [-0.4, -0.2) is 27.3 Å². The van der Waals surface area contributed by atoms with Crippen molar-refractivity contribution >= 4 is 45.1 Å². The summed E-state index contributed by atoms with van der Waals surface area (Å²) in [4.78, 5) is 0. The van der Waals surface area contributed by atoms with Crippen LogP contribution in [-0.2, 0) is 20.2 Å². The third-order valence-corrected chi connectivity index (χ3v) is 5.27. The average molecular weight is 473 g/mol. The maximum absolute atomic E-state index is 6.20. The number of tetrazole rings is 1. The minimum absolute atomic E-state index is 0.226. The molecule has 27 heavy (non-hydrogen) atoms. The van der Waals surface area contributed by atoms with Crippen LogP contribution in [0.25, 0.3) is 0 Å². The van der Waals surface area contributed by atoms with Gasteiger partial charge in [0.05, 0.1) is 7.11 Å². The highest BCUT2D eigenvalue weighted by Gasteiger charge is 2.13. The Morgan fingerprint density at radius 2 is 1.93 bits per heavy atom. The molecule has 0 radical (unpaired) electrons. The Balaban J connectivity index is 1.76. The second-order valence-corrected chi connectivity index (χ2v) is 7.23. The molecule has 0 aliphatic rings. The SMILES string of the molecule is COc1cc(CNc2nnnn2C)c(Br)cc1OCc1c(Cl)cccc1Cl. The number of nitrogens with zero attached hydrogens (tertiary/aromatic N) is 4. The number of benzene rings is 2. The molecule has 10 heteroatoms. The highest BCUT2D eigenvalue weighted by atomic mass is 79.9. The molecule has 1 heterocycles.